The van der Waals surface area contributed by atoms with Gasteiger partial charge in [0.05, 0.1) is 12.1 Å². The maximum atomic E-state index is 14.1. The lowest BCUT2D eigenvalue weighted by Gasteiger charge is -2.21. The van der Waals surface area contributed by atoms with Crippen molar-refractivity contribution >= 4 is 6.16 Å². The fourth-order valence-corrected chi connectivity index (χ4v) is 2.90. The lowest BCUT2D eigenvalue weighted by molar-refractivity contribution is -0.140. The third-order valence-electron chi connectivity index (χ3n) is 4.02. The fourth-order valence-electron chi connectivity index (χ4n) is 2.90. The van der Waals surface area contributed by atoms with Gasteiger partial charge < -0.3 is 9.84 Å². The molecule has 2 heterocycles. The van der Waals surface area contributed by atoms with Gasteiger partial charge in [0.1, 0.15) is 11.6 Å². The van der Waals surface area contributed by atoms with E-state index in [0.717, 1.165) is 21.4 Å². The van der Waals surface area contributed by atoms with Crippen LogP contribution in [0.1, 0.15) is 36.0 Å². The van der Waals surface area contributed by atoms with Crippen molar-refractivity contribution < 1.29 is 32.2 Å². The Labute approximate surface area is 143 Å². The second-order valence-electron chi connectivity index (χ2n) is 5.73. The van der Waals surface area contributed by atoms with Gasteiger partial charge in [-0.25, -0.2) is 23.2 Å². The number of benzene rings is 1. The van der Waals surface area contributed by atoms with Crippen LogP contribution in [-0.4, -0.2) is 25.6 Å². The van der Waals surface area contributed by atoms with Gasteiger partial charge >= 0.3 is 18.0 Å². The molecule has 1 aliphatic heterocycles. The summed E-state index contributed by atoms with van der Waals surface area (Å²) in [5.41, 5.74) is -2.56. The number of hydrogen-bond acceptors (Lipinski definition) is 4. The maximum Gasteiger partial charge on any atom is 0.507 e. The molecule has 0 bridgehead atoms. The number of carbonyl (C=O) groups is 1. The van der Waals surface area contributed by atoms with Gasteiger partial charge in [0.25, 0.3) is 0 Å². The topological polar surface area (TPSA) is 86.3 Å². The number of rotatable bonds is 3. The first-order valence-electron chi connectivity index (χ1n) is 7.61. The zero-order valence-electron chi connectivity index (χ0n) is 13.2. The molecule has 140 valence electrons. The molecular weight excluding hydrogens is 362 g/mol. The Balaban J connectivity index is 1.97. The molecule has 0 saturated heterocycles. The minimum Gasteiger partial charge on any atom is -0.450 e. The Kier molecular flexibility index (Phi) is 4.46. The molecule has 0 amide bonds. The molecule has 3 rings (SSSR count). The molecule has 1 aromatic heterocycles. The number of nitrogens with zero attached hydrogens (tertiary/aromatic N) is 3. The average molecular weight is 375 g/mol. The highest BCUT2D eigenvalue weighted by Gasteiger charge is 2.35. The van der Waals surface area contributed by atoms with E-state index < -0.39 is 42.2 Å². The van der Waals surface area contributed by atoms with Crippen molar-refractivity contribution in [1.82, 2.24) is 14.3 Å². The van der Waals surface area contributed by atoms with E-state index in [0.29, 0.717) is 18.9 Å². The Hall–Kier alpha value is -2.85. The number of alkyl halides is 3. The van der Waals surface area contributed by atoms with E-state index in [1.54, 1.807) is 0 Å². The highest BCUT2D eigenvalue weighted by Crippen LogP contribution is 2.32. The molecule has 0 spiro atoms. The number of aryl methyl sites for hydroxylation is 1. The highest BCUT2D eigenvalue weighted by atomic mass is 19.4. The molecule has 1 N–H and O–H groups in total. The summed E-state index contributed by atoms with van der Waals surface area (Å²) in [7, 11) is 0. The summed E-state index contributed by atoms with van der Waals surface area (Å²) in [6.45, 7) is -0.519. The molecule has 7 nitrogen and oxygen atoms in total. The zero-order chi connectivity index (χ0) is 19.1. The van der Waals surface area contributed by atoms with Crippen LogP contribution in [0, 0.1) is 5.82 Å². The van der Waals surface area contributed by atoms with Crippen molar-refractivity contribution in [3.8, 4) is 0 Å². The van der Waals surface area contributed by atoms with Crippen LogP contribution in [-0.2, 0) is 23.9 Å². The summed E-state index contributed by atoms with van der Waals surface area (Å²) < 4.78 is 59.0. The first-order chi connectivity index (χ1) is 12.2. The molecule has 0 radical (unpaired) electrons. The Bertz CT molecular complexity index is 903. The number of ether oxygens (including phenoxy) is 1. The van der Waals surface area contributed by atoms with Gasteiger partial charge in [-0.15, -0.1) is 0 Å². The summed E-state index contributed by atoms with van der Waals surface area (Å²) in [5.74, 6) is -1.24. The number of fused-ring (bicyclic) bond motifs is 1. The predicted octanol–water partition coefficient (Wildman–Crippen LogP) is 2.78. The van der Waals surface area contributed by atoms with Crippen molar-refractivity contribution in [2.45, 2.75) is 38.2 Å². The van der Waals surface area contributed by atoms with Gasteiger partial charge in [0.15, 0.2) is 6.23 Å². The van der Waals surface area contributed by atoms with Crippen LogP contribution in [0.5, 0.6) is 0 Å². The van der Waals surface area contributed by atoms with Gasteiger partial charge in [-0.2, -0.15) is 18.3 Å². The summed E-state index contributed by atoms with van der Waals surface area (Å²) in [5, 5.41) is 12.7. The van der Waals surface area contributed by atoms with E-state index in [1.165, 1.54) is 0 Å². The van der Waals surface area contributed by atoms with E-state index in [9.17, 15) is 27.2 Å². The first-order valence-corrected chi connectivity index (χ1v) is 7.61. The van der Waals surface area contributed by atoms with Crippen LogP contribution in [0.25, 0.3) is 0 Å². The molecule has 26 heavy (non-hydrogen) atoms. The van der Waals surface area contributed by atoms with Gasteiger partial charge in [-0.3, -0.25) is 0 Å². The van der Waals surface area contributed by atoms with Crippen molar-refractivity contribution in [2.24, 2.45) is 0 Å². The molecule has 0 fully saturated rings. The van der Waals surface area contributed by atoms with Crippen LogP contribution in [0.2, 0.25) is 0 Å². The average Bonchev–Trinajstić information content (AvgIpc) is 2.85. The third-order valence-corrected chi connectivity index (χ3v) is 4.02. The van der Waals surface area contributed by atoms with Crippen LogP contribution in [0.3, 0.4) is 0 Å². The number of hydrogen-bond donors (Lipinski definition) is 1. The SMILES string of the molecule is O=C(O)OC1CCCc2nn(Cc3cccc(C(F)(F)F)c3F)c(=O)n21. The fraction of sp³-hybridized carbons (Fsp3) is 0.400. The van der Waals surface area contributed by atoms with Crippen molar-refractivity contribution in [3.05, 3.63) is 51.5 Å². The standard InChI is InChI=1S/C15H13F4N3O4/c16-12-8(3-1-4-9(12)15(17,18)19)7-21-13(23)22-10(20-21)5-2-6-11(22)26-14(24)25/h1,3-4,11H,2,5-7H2,(H,24,25). The molecule has 11 heteroatoms. The van der Waals surface area contributed by atoms with Crippen molar-refractivity contribution in [3.63, 3.8) is 0 Å². The quantitative estimate of drug-likeness (QED) is 0.659. The van der Waals surface area contributed by atoms with Crippen LogP contribution >= 0.6 is 0 Å². The maximum absolute atomic E-state index is 14.1. The first kappa shape index (κ1) is 18.0. The second-order valence-corrected chi connectivity index (χ2v) is 5.73. The monoisotopic (exact) mass is 375 g/mol. The highest BCUT2D eigenvalue weighted by molar-refractivity contribution is 5.56. The van der Waals surface area contributed by atoms with Crippen LogP contribution in [0.4, 0.5) is 22.4 Å². The van der Waals surface area contributed by atoms with Crippen LogP contribution in [0.15, 0.2) is 23.0 Å². The smallest absolute Gasteiger partial charge is 0.450 e. The normalized spacial score (nSPS) is 17.0. The second kappa shape index (κ2) is 6.46. The zero-order valence-corrected chi connectivity index (χ0v) is 13.2. The molecule has 1 unspecified atom stereocenters. The van der Waals surface area contributed by atoms with Gasteiger partial charge in [0.2, 0.25) is 0 Å². The number of halogens is 4. The summed E-state index contributed by atoms with van der Waals surface area (Å²) >= 11 is 0. The molecule has 1 atom stereocenters. The van der Waals surface area contributed by atoms with E-state index in [1.807, 2.05) is 0 Å². The predicted molar refractivity (Wildman–Crippen MR) is 78.1 cm³/mol. The Morgan fingerprint density at radius 2 is 2.12 bits per heavy atom. The van der Waals surface area contributed by atoms with E-state index in [-0.39, 0.29) is 17.8 Å². The Morgan fingerprint density at radius 1 is 1.38 bits per heavy atom. The molecule has 2 aromatic rings. The molecule has 0 saturated carbocycles. The molecule has 1 aromatic carbocycles. The molecule has 0 aliphatic carbocycles. The summed E-state index contributed by atoms with van der Waals surface area (Å²) in [6.07, 6.45) is -6.34. The lowest BCUT2D eigenvalue weighted by atomic mass is 10.1. The van der Waals surface area contributed by atoms with Gasteiger partial charge in [0, 0.05) is 18.4 Å². The molecule has 1 aliphatic rings. The van der Waals surface area contributed by atoms with Gasteiger partial charge in [-0.05, 0) is 12.5 Å². The van der Waals surface area contributed by atoms with Crippen molar-refractivity contribution in [1.29, 1.82) is 0 Å². The van der Waals surface area contributed by atoms with E-state index >= 15 is 0 Å². The Morgan fingerprint density at radius 3 is 2.77 bits per heavy atom. The molecular formula is C15H13F4N3O4. The van der Waals surface area contributed by atoms with E-state index in [4.69, 9.17) is 5.11 Å². The van der Waals surface area contributed by atoms with Crippen molar-refractivity contribution in [2.75, 3.05) is 0 Å². The number of carboxylic acid groups (broad SMARTS) is 1. The number of aromatic nitrogens is 3. The van der Waals surface area contributed by atoms with Crippen LogP contribution < -0.4 is 5.69 Å². The summed E-state index contributed by atoms with van der Waals surface area (Å²) in [4.78, 5) is 23.2. The minimum atomic E-state index is -4.86. The largest absolute Gasteiger partial charge is 0.507 e. The third kappa shape index (κ3) is 3.28. The van der Waals surface area contributed by atoms with E-state index in [2.05, 4.69) is 9.84 Å². The van der Waals surface area contributed by atoms with Gasteiger partial charge in [-0.1, -0.05) is 12.1 Å². The lowest BCUT2D eigenvalue weighted by Crippen LogP contribution is -2.33. The summed E-state index contributed by atoms with van der Waals surface area (Å²) in [6, 6.07) is 2.77. The minimum absolute atomic E-state index is 0.236.